The maximum Gasteiger partial charge on any atom is 0.245 e. The van der Waals surface area contributed by atoms with Gasteiger partial charge >= 0.3 is 0 Å². The Morgan fingerprint density at radius 3 is 2.67 bits per heavy atom. The van der Waals surface area contributed by atoms with Gasteiger partial charge in [0.15, 0.2) is 10.8 Å². The van der Waals surface area contributed by atoms with Gasteiger partial charge in [-0.15, -0.1) is 5.10 Å². The number of halogens is 1. The smallest absolute Gasteiger partial charge is 0.245 e. The van der Waals surface area contributed by atoms with Crippen LogP contribution >= 0.6 is 11.6 Å². The molecule has 0 aliphatic carbocycles. The molecule has 0 bridgehead atoms. The summed E-state index contributed by atoms with van der Waals surface area (Å²) >= 11 is 6.19. The average Bonchev–Trinajstić information content (AvgIpc) is 3.27. The molecule has 0 unspecified atom stereocenters. The lowest BCUT2D eigenvalue weighted by Gasteiger charge is -2.10. The number of hydrogen-bond acceptors (Lipinski definition) is 5. The van der Waals surface area contributed by atoms with Gasteiger partial charge in [0.2, 0.25) is 11.8 Å². The minimum atomic E-state index is 0.503. The Bertz CT molecular complexity index is 970. The molecule has 3 aromatic heterocycles. The summed E-state index contributed by atoms with van der Waals surface area (Å²) in [6, 6.07) is 3.67. The maximum absolute atomic E-state index is 6.19. The molecule has 0 spiro atoms. The summed E-state index contributed by atoms with van der Waals surface area (Å²) in [5.74, 6) is 7.43. The SMILES string of the molecule is Cc1nc2ccc(C#Cc3nc(N4CCCC4)nn3C)nn2c1Cl. The molecule has 0 amide bonds. The Hall–Kier alpha value is -2.59. The Balaban J connectivity index is 1.65. The van der Waals surface area contributed by atoms with Crippen molar-refractivity contribution in [3.63, 3.8) is 0 Å². The van der Waals surface area contributed by atoms with Gasteiger partial charge in [0, 0.05) is 20.1 Å². The van der Waals surface area contributed by atoms with Crippen LogP contribution in [0.2, 0.25) is 5.15 Å². The summed E-state index contributed by atoms with van der Waals surface area (Å²) in [4.78, 5) is 11.0. The maximum atomic E-state index is 6.19. The van der Waals surface area contributed by atoms with E-state index >= 15 is 0 Å². The third-order valence-electron chi connectivity index (χ3n) is 4.02. The van der Waals surface area contributed by atoms with Gasteiger partial charge in [-0.25, -0.2) is 14.2 Å². The number of imidazole rings is 1. The molecule has 8 heteroatoms. The first-order chi connectivity index (χ1) is 11.6. The third-order valence-corrected chi connectivity index (χ3v) is 4.46. The van der Waals surface area contributed by atoms with E-state index in [0.29, 0.717) is 22.3 Å². The highest BCUT2D eigenvalue weighted by atomic mass is 35.5. The van der Waals surface area contributed by atoms with Crippen LogP contribution < -0.4 is 4.90 Å². The molecule has 1 aliphatic rings. The predicted octanol–water partition coefficient (Wildman–Crippen LogP) is 1.82. The fourth-order valence-electron chi connectivity index (χ4n) is 2.73. The second-order valence-corrected chi connectivity index (χ2v) is 6.14. The van der Waals surface area contributed by atoms with Crippen molar-refractivity contribution in [1.29, 1.82) is 0 Å². The zero-order chi connectivity index (χ0) is 16.7. The summed E-state index contributed by atoms with van der Waals surface area (Å²) < 4.78 is 3.29. The van der Waals surface area contributed by atoms with Crippen LogP contribution in [0.3, 0.4) is 0 Å². The predicted molar refractivity (Wildman–Crippen MR) is 91.2 cm³/mol. The van der Waals surface area contributed by atoms with Crippen LogP contribution in [0.1, 0.15) is 30.1 Å². The van der Waals surface area contributed by atoms with Crippen molar-refractivity contribution >= 4 is 23.2 Å². The highest BCUT2D eigenvalue weighted by Crippen LogP contribution is 2.17. The van der Waals surface area contributed by atoms with Gasteiger partial charge in [-0.3, -0.25) is 0 Å². The van der Waals surface area contributed by atoms with Gasteiger partial charge in [-0.05, 0) is 43.7 Å². The van der Waals surface area contributed by atoms with Gasteiger partial charge < -0.3 is 4.90 Å². The highest BCUT2D eigenvalue weighted by molar-refractivity contribution is 6.30. The van der Waals surface area contributed by atoms with Crippen LogP contribution in [-0.4, -0.2) is 42.5 Å². The normalized spacial score (nSPS) is 14.2. The van der Waals surface area contributed by atoms with Crippen LogP contribution in [0.5, 0.6) is 0 Å². The van der Waals surface area contributed by atoms with Crippen molar-refractivity contribution in [2.45, 2.75) is 19.8 Å². The van der Waals surface area contributed by atoms with Crippen molar-refractivity contribution in [3.05, 3.63) is 34.5 Å². The third kappa shape index (κ3) is 2.59. The van der Waals surface area contributed by atoms with Crippen LogP contribution in [0, 0.1) is 18.8 Å². The Labute approximate surface area is 144 Å². The zero-order valence-electron chi connectivity index (χ0n) is 13.5. The Morgan fingerprint density at radius 1 is 1.08 bits per heavy atom. The molecule has 0 N–H and O–H groups in total. The first-order valence-electron chi connectivity index (χ1n) is 7.82. The second kappa shape index (κ2) is 5.80. The summed E-state index contributed by atoms with van der Waals surface area (Å²) in [5.41, 5.74) is 2.06. The van der Waals surface area contributed by atoms with Crippen LogP contribution in [0.25, 0.3) is 5.65 Å². The number of nitrogens with zero attached hydrogens (tertiary/aromatic N) is 7. The van der Waals surface area contributed by atoms with E-state index in [1.807, 2.05) is 26.1 Å². The summed E-state index contributed by atoms with van der Waals surface area (Å²) in [6.07, 6.45) is 2.38. The molecular weight excluding hydrogens is 326 g/mol. The summed E-state index contributed by atoms with van der Waals surface area (Å²) in [5, 5.41) is 9.35. The lowest BCUT2D eigenvalue weighted by molar-refractivity contribution is 0.745. The molecule has 122 valence electrons. The molecule has 1 aliphatic heterocycles. The average molecular weight is 342 g/mol. The van der Waals surface area contributed by atoms with E-state index in [9.17, 15) is 0 Å². The minimum Gasteiger partial charge on any atom is -0.340 e. The van der Waals surface area contributed by atoms with E-state index in [0.717, 1.165) is 24.7 Å². The molecule has 24 heavy (non-hydrogen) atoms. The number of aromatic nitrogens is 6. The number of fused-ring (bicyclic) bond motifs is 1. The molecule has 3 aromatic rings. The number of aryl methyl sites for hydroxylation is 2. The summed E-state index contributed by atoms with van der Waals surface area (Å²) in [6.45, 7) is 3.86. The lowest BCUT2D eigenvalue weighted by atomic mass is 10.4. The monoisotopic (exact) mass is 341 g/mol. The first-order valence-corrected chi connectivity index (χ1v) is 8.19. The largest absolute Gasteiger partial charge is 0.340 e. The quantitative estimate of drug-likeness (QED) is 0.632. The molecule has 1 fully saturated rings. The van der Waals surface area contributed by atoms with Crippen molar-refractivity contribution in [3.8, 4) is 11.8 Å². The molecule has 0 radical (unpaired) electrons. The fourth-order valence-corrected chi connectivity index (χ4v) is 2.90. The van der Waals surface area contributed by atoms with Gasteiger partial charge in [0.25, 0.3) is 0 Å². The zero-order valence-corrected chi connectivity index (χ0v) is 14.2. The van der Waals surface area contributed by atoms with Crippen LogP contribution in [0.4, 0.5) is 5.95 Å². The number of hydrogen-bond donors (Lipinski definition) is 0. The fraction of sp³-hybridized carbons (Fsp3) is 0.375. The molecule has 0 atom stereocenters. The molecule has 0 saturated carbocycles. The Morgan fingerprint density at radius 2 is 1.88 bits per heavy atom. The van der Waals surface area contributed by atoms with E-state index < -0.39 is 0 Å². The van der Waals surface area contributed by atoms with Crippen molar-refractivity contribution < 1.29 is 0 Å². The molecule has 4 heterocycles. The summed E-state index contributed by atoms with van der Waals surface area (Å²) in [7, 11) is 1.85. The van der Waals surface area contributed by atoms with Crippen LogP contribution in [-0.2, 0) is 7.05 Å². The molecular formula is C16H16ClN7. The van der Waals surface area contributed by atoms with E-state index in [2.05, 4.69) is 36.9 Å². The standard InChI is InChI=1S/C16H16ClN7/c1-11-15(17)24-14(18-11)8-6-12(20-24)5-7-13-19-16(21-22(13)2)23-9-3-4-10-23/h6,8H,3-4,9-10H2,1-2H3. The van der Waals surface area contributed by atoms with Gasteiger partial charge in [-0.1, -0.05) is 11.6 Å². The second-order valence-electron chi connectivity index (χ2n) is 5.78. The lowest BCUT2D eigenvalue weighted by Crippen LogP contribution is -2.19. The van der Waals surface area contributed by atoms with E-state index in [4.69, 9.17) is 11.6 Å². The number of anilines is 1. The van der Waals surface area contributed by atoms with E-state index in [1.54, 1.807) is 9.20 Å². The van der Waals surface area contributed by atoms with Crippen molar-refractivity contribution in [2.75, 3.05) is 18.0 Å². The number of rotatable bonds is 1. The molecule has 7 nitrogen and oxygen atoms in total. The van der Waals surface area contributed by atoms with Crippen molar-refractivity contribution in [2.24, 2.45) is 7.05 Å². The molecule has 1 saturated heterocycles. The highest BCUT2D eigenvalue weighted by Gasteiger charge is 2.17. The van der Waals surface area contributed by atoms with Gasteiger partial charge in [0.05, 0.1) is 5.69 Å². The van der Waals surface area contributed by atoms with E-state index in [-0.39, 0.29) is 0 Å². The van der Waals surface area contributed by atoms with E-state index in [1.165, 1.54) is 12.8 Å². The Kier molecular flexibility index (Phi) is 3.62. The topological polar surface area (TPSA) is 64.1 Å². The minimum absolute atomic E-state index is 0.503. The van der Waals surface area contributed by atoms with Crippen molar-refractivity contribution in [1.82, 2.24) is 29.4 Å². The first kappa shape index (κ1) is 15.0. The van der Waals surface area contributed by atoms with Crippen LogP contribution in [0.15, 0.2) is 12.1 Å². The van der Waals surface area contributed by atoms with Gasteiger partial charge in [-0.2, -0.15) is 10.1 Å². The van der Waals surface area contributed by atoms with Gasteiger partial charge in [0.1, 0.15) is 5.69 Å². The molecule has 4 rings (SSSR count). The molecule has 0 aromatic carbocycles.